The molecule has 1 unspecified atom stereocenters. The minimum atomic E-state index is 0.295. The quantitative estimate of drug-likeness (QED) is 0.535. The number of hydrogen-bond donors (Lipinski definition) is 2. The van der Waals surface area contributed by atoms with Gasteiger partial charge in [0.2, 0.25) is 0 Å². The predicted molar refractivity (Wildman–Crippen MR) is 50.3 cm³/mol. The fourth-order valence-electron chi connectivity index (χ4n) is 1.02. The van der Waals surface area contributed by atoms with Crippen LogP contribution in [0.4, 0.5) is 0 Å². The van der Waals surface area contributed by atoms with Crippen molar-refractivity contribution in [3.63, 3.8) is 0 Å². The van der Waals surface area contributed by atoms with Gasteiger partial charge in [0.05, 0.1) is 6.10 Å². The molecule has 0 radical (unpaired) electrons. The van der Waals surface area contributed by atoms with Crippen LogP contribution in [0.5, 0.6) is 0 Å². The van der Waals surface area contributed by atoms with Crippen LogP contribution in [0.1, 0.15) is 26.2 Å². The molecule has 0 bridgehead atoms. The first kappa shape index (κ1) is 11.9. The molecular formula is C9H21NO2. The van der Waals surface area contributed by atoms with Crippen molar-refractivity contribution >= 4 is 0 Å². The Morgan fingerprint density at radius 3 is 2.67 bits per heavy atom. The molecule has 1 atom stereocenters. The number of ether oxygens (including phenoxy) is 1. The largest absolute Gasteiger partial charge is 0.396 e. The normalized spacial score (nSPS) is 13.2. The van der Waals surface area contributed by atoms with Gasteiger partial charge < -0.3 is 15.2 Å². The van der Waals surface area contributed by atoms with Crippen molar-refractivity contribution in [1.29, 1.82) is 0 Å². The summed E-state index contributed by atoms with van der Waals surface area (Å²) in [5.74, 6) is 0. The van der Waals surface area contributed by atoms with Crippen molar-refractivity contribution in [1.82, 2.24) is 5.32 Å². The van der Waals surface area contributed by atoms with Crippen LogP contribution in [0, 0.1) is 0 Å². The first-order valence-corrected chi connectivity index (χ1v) is 4.68. The van der Waals surface area contributed by atoms with Crippen LogP contribution in [0.15, 0.2) is 0 Å². The van der Waals surface area contributed by atoms with Crippen molar-refractivity contribution in [2.24, 2.45) is 0 Å². The van der Waals surface area contributed by atoms with E-state index in [0.29, 0.717) is 12.7 Å². The molecule has 0 aromatic heterocycles. The first-order valence-electron chi connectivity index (χ1n) is 4.68. The zero-order valence-electron chi connectivity index (χ0n) is 8.18. The third-order valence-corrected chi connectivity index (χ3v) is 1.70. The molecule has 0 aliphatic rings. The molecule has 0 amide bonds. The van der Waals surface area contributed by atoms with E-state index < -0.39 is 0 Å². The molecule has 74 valence electrons. The molecule has 0 rings (SSSR count). The molecule has 0 heterocycles. The van der Waals surface area contributed by atoms with Crippen molar-refractivity contribution in [3.05, 3.63) is 0 Å². The summed E-state index contributed by atoms with van der Waals surface area (Å²) in [6.45, 7) is 4.07. The van der Waals surface area contributed by atoms with E-state index >= 15 is 0 Å². The molecule has 0 aromatic carbocycles. The van der Waals surface area contributed by atoms with E-state index in [4.69, 9.17) is 9.84 Å². The summed E-state index contributed by atoms with van der Waals surface area (Å²) in [5.41, 5.74) is 0. The van der Waals surface area contributed by atoms with Gasteiger partial charge in [-0.1, -0.05) is 0 Å². The molecule has 0 aliphatic carbocycles. The van der Waals surface area contributed by atoms with E-state index in [9.17, 15) is 0 Å². The number of aliphatic hydroxyl groups is 1. The lowest BCUT2D eigenvalue weighted by molar-refractivity contribution is 0.0638. The van der Waals surface area contributed by atoms with Crippen molar-refractivity contribution in [2.45, 2.75) is 32.3 Å². The lowest BCUT2D eigenvalue weighted by Gasteiger charge is -2.11. The first-order chi connectivity index (χ1) is 5.81. The summed E-state index contributed by atoms with van der Waals surface area (Å²) in [6, 6.07) is 0. The average molecular weight is 175 g/mol. The van der Waals surface area contributed by atoms with Crippen molar-refractivity contribution in [3.8, 4) is 0 Å². The van der Waals surface area contributed by atoms with Gasteiger partial charge in [-0.2, -0.15) is 0 Å². The molecule has 2 N–H and O–H groups in total. The van der Waals surface area contributed by atoms with Gasteiger partial charge in [0.1, 0.15) is 0 Å². The second kappa shape index (κ2) is 8.97. The second-order valence-corrected chi connectivity index (χ2v) is 3.02. The summed E-state index contributed by atoms with van der Waals surface area (Å²) in [5, 5.41) is 11.6. The van der Waals surface area contributed by atoms with Gasteiger partial charge >= 0.3 is 0 Å². The highest BCUT2D eigenvalue weighted by Crippen LogP contribution is 1.97. The number of unbranched alkanes of at least 4 members (excludes halogenated alkanes) is 2. The fraction of sp³-hybridized carbons (Fsp3) is 1.00. The fourth-order valence-corrected chi connectivity index (χ4v) is 1.02. The summed E-state index contributed by atoms with van der Waals surface area (Å²) >= 11 is 0. The summed E-state index contributed by atoms with van der Waals surface area (Å²) in [7, 11) is 1.92. The van der Waals surface area contributed by atoms with Crippen molar-refractivity contribution in [2.75, 3.05) is 26.8 Å². The minimum absolute atomic E-state index is 0.295. The number of likely N-dealkylation sites (N-methyl/N-ethyl adjacent to an activating group) is 1. The van der Waals surface area contributed by atoms with Crippen LogP contribution in [0.3, 0.4) is 0 Å². The standard InChI is InChI=1S/C9H21NO2/c1-9(8-10-2)12-7-5-3-4-6-11/h9-11H,3-8H2,1-2H3. The zero-order valence-corrected chi connectivity index (χ0v) is 8.18. The van der Waals surface area contributed by atoms with Gasteiger partial charge in [0.25, 0.3) is 0 Å². The van der Waals surface area contributed by atoms with Gasteiger partial charge in [0.15, 0.2) is 0 Å². The Balaban J connectivity index is 2.97. The summed E-state index contributed by atoms with van der Waals surface area (Å²) in [4.78, 5) is 0. The van der Waals surface area contributed by atoms with Crippen molar-refractivity contribution < 1.29 is 9.84 Å². The van der Waals surface area contributed by atoms with Gasteiger partial charge in [-0.3, -0.25) is 0 Å². The Morgan fingerprint density at radius 2 is 2.08 bits per heavy atom. The highest BCUT2D eigenvalue weighted by molar-refractivity contribution is 4.51. The molecule has 3 heteroatoms. The predicted octanol–water partition coefficient (Wildman–Crippen LogP) is 0.773. The maximum Gasteiger partial charge on any atom is 0.0671 e. The monoisotopic (exact) mass is 175 g/mol. The van der Waals surface area contributed by atoms with E-state index in [1.54, 1.807) is 0 Å². The van der Waals surface area contributed by atoms with E-state index in [-0.39, 0.29) is 0 Å². The van der Waals surface area contributed by atoms with Gasteiger partial charge in [0, 0.05) is 19.8 Å². The van der Waals surface area contributed by atoms with E-state index in [2.05, 4.69) is 12.2 Å². The van der Waals surface area contributed by atoms with Gasteiger partial charge in [-0.15, -0.1) is 0 Å². The molecular weight excluding hydrogens is 154 g/mol. The maximum absolute atomic E-state index is 8.51. The lowest BCUT2D eigenvalue weighted by Crippen LogP contribution is -2.23. The summed E-state index contributed by atoms with van der Waals surface area (Å²) < 4.78 is 5.48. The van der Waals surface area contributed by atoms with Crippen LogP contribution >= 0.6 is 0 Å². The Morgan fingerprint density at radius 1 is 1.33 bits per heavy atom. The molecule has 0 saturated carbocycles. The van der Waals surface area contributed by atoms with Gasteiger partial charge in [-0.05, 0) is 33.2 Å². The third kappa shape index (κ3) is 7.98. The molecule has 0 fully saturated rings. The SMILES string of the molecule is CNCC(C)OCCCCCO. The second-order valence-electron chi connectivity index (χ2n) is 3.02. The molecule has 0 aromatic rings. The topological polar surface area (TPSA) is 41.5 Å². The van der Waals surface area contributed by atoms with Crippen LogP contribution in [0.25, 0.3) is 0 Å². The smallest absolute Gasteiger partial charge is 0.0671 e. The van der Waals surface area contributed by atoms with Crippen LogP contribution in [0.2, 0.25) is 0 Å². The number of aliphatic hydroxyl groups excluding tert-OH is 1. The van der Waals surface area contributed by atoms with E-state index in [1.807, 2.05) is 7.05 Å². The number of rotatable bonds is 8. The Hall–Kier alpha value is -0.120. The minimum Gasteiger partial charge on any atom is -0.396 e. The molecule has 12 heavy (non-hydrogen) atoms. The molecule has 3 nitrogen and oxygen atoms in total. The molecule has 0 aliphatic heterocycles. The highest BCUT2D eigenvalue weighted by atomic mass is 16.5. The zero-order chi connectivity index (χ0) is 9.23. The van der Waals surface area contributed by atoms with Crippen LogP contribution in [-0.2, 0) is 4.74 Å². The Labute approximate surface area is 75.1 Å². The van der Waals surface area contributed by atoms with Crippen LogP contribution in [-0.4, -0.2) is 38.0 Å². The highest BCUT2D eigenvalue weighted by Gasteiger charge is 1.98. The average Bonchev–Trinajstić information content (AvgIpc) is 2.05. The number of hydrogen-bond acceptors (Lipinski definition) is 3. The molecule has 0 spiro atoms. The Bertz CT molecular complexity index is 88.6. The van der Waals surface area contributed by atoms with E-state index in [0.717, 1.165) is 32.4 Å². The lowest BCUT2D eigenvalue weighted by atomic mass is 10.2. The number of nitrogens with one attached hydrogen (secondary N) is 1. The summed E-state index contributed by atoms with van der Waals surface area (Å²) in [6.07, 6.45) is 3.30. The van der Waals surface area contributed by atoms with Crippen LogP contribution < -0.4 is 5.32 Å². The van der Waals surface area contributed by atoms with Gasteiger partial charge in [-0.25, -0.2) is 0 Å². The molecule has 0 saturated heterocycles. The van der Waals surface area contributed by atoms with E-state index in [1.165, 1.54) is 0 Å². The Kier molecular flexibility index (Phi) is 8.88. The maximum atomic E-state index is 8.51. The third-order valence-electron chi connectivity index (χ3n) is 1.70.